The molecule has 1 rings (SSSR count). The second kappa shape index (κ2) is 14.9. The van der Waals surface area contributed by atoms with E-state index in [2.05, 4.69) is 5.32 Å². The topological polar surface area (TPSA) is 81.7 Å². The molecule has 0 aromatic heterocycles. The van der Waals surface area contributed by atoms with Gasteiger partial charge in [0.25, 0.3) is 0 Å². The van der Waals surface area contributed by atoms with Crippen LogP contribution in [-0.4, -0.2) is 55.0 Å². The molecule has 0 spiro atoms. The van der Waals surface area contributed by atoms with Crippen molar-refractivity contribution in [3.8, 4) is 0 Å². The summed E-state index contributed by atoms with van der Waals surface area (Å²) in [6, 6.07) is -0.420. The number of carbonyl (C=O) groups excluding carboxylic acids is 3. The predicted octanol–water partition coefficient (Wildman–Crippen LogP) is 3.12. The summed E-state index contributed by atoms with van der Waals surface area (Å²) in [5, 5.41) is 3.19. The molecule has 7 heteroatoms. The second-order valence-electron chi connectivity index (χ2n) is 6.79. The van der Waals surface area contributed by atoms with E-state index in [1.807, 2.05) is 0 Å². The van der Waals surface area contributed by atoms with Gasteiger partial charge in [-0.05, 0) is 38.9 Å². The van der Waals surface area contributed by atoms with Crippen molar-refractivity contribution >= 4 is 29.5 Å². The van der Waals surface area contributed by atoms with Gasteiger partial charge in [0, 0.05) is 31.1 Å². The molecule has 0 aromatic rings. The van der Waals surface area contributed by atoms with E-state index in [9.17, 15) is 14.4 Å². The summed E-state index contributed by atoms with van der Waals surface area (Å²) in [5.74, 6) is 1.40. The fourth-order valence-electron chi connectivity index (χ4n) is 3.20. The summed E-state index contributed by atoms with van der Waals surface area (Å²) in [4.78, 5) is 35.7. The van der Waals surface area contributed by atoms with Gasteiger partial charge in [0.05, 0.1) is 13.2 Å². The Hall–Kier alpha value is -1.08. The maximum Gasteiger partial charge on any atom is 0.323 e. The van der Waals surface area contributed by atoms with Gasteiger partial charge < -0.3 is 14.8 Å². The molecule has 1 fully saturated rings. The molecule has 1 aliphatic carbocycles. The van der Waals surface area contributed by atoms with E-state index >= 15 is 0 Å². The van der Waals surface area contributed by atoms with Crippen molar-refractivity contribution in [3.63, 3.8) is 0 Å². The SMILES string of the molecule is CCOC(=O)CCCSCC(NCCC(=O)C1CCCCC1)C(=O)OCC. The molecular weight excluding hydrogens is 366 g/mol. The van der Waals surface area contributed by atoms with Crippen LogP contribution in [0.2, 0.25) is 0 Å². The maximum absolute atomic E-state index is 12.3. The summed E-state index contributed by atoms with van der Waals surface area (Å²) in [5.41, 5.74) is 0. The molecule has 0 bridgehead atoms. The summed E-state index contributed by atoms with van der Waals surface area (Å²) in [6.07, 6.45) is 7.14. The van der Waals surface area contributed by atoms with E-state index in [1.165, 1.54) is 6.42 Å². The minimum Gasteiger partial charge on any atom is -0.466 e. The van der Waals surface area contributed by atoms with Gasteiger partial charge in [-0.2, -0.15) is 11.8 Å². The van der Waals surface area contributed by atoms with Gasteiger partial charge >= 0.3 is 11.9 Å². The van der Waals surface area contributed by atoms with Crippen LogP contribution in [0.4, 0.5) is 0 Å². The first-order valence-corrected chi connectivity index (χ1v) is 11.4. The lowest BCUT2D eigenvalue weighted by Crippen LogP contribution is -2.41. The first kappa shape index (κ1) is 24.0. The lowest BCUT2D eigenvalue weighted by Gasteiger charge is -2.21. The highest BCUT2D eigenvalue weighted by Gasteiger charge is 2.23. The molecule has 1 saturated carbocycles. The maximum atomic E-state index is 12.3. The molecule has 27 heavy (non-hydrogen) atoms. The number of thioether (sulfide) groups is 1. The minimum atomic E-state index is -0.420. The quantitative estimate of drug-likeness (QED) is 0.354. The molecular formula is C20H35NO5S. The van der Waals surface area contributed by atoms with Crippen molar-refractivity contribution in [1.82, 2.24) is 5.32 Å². The molecule has 0 saturated heterocycles. The van der Waals surface area contributed by atoms with Crippen LogP contribution in [0.1, 0.15) is 65.2 Å². The van der Waals surface area contributed by atoms with Crippen LogP contribution in [0.15, 0.2) is 0 Å². The number of ketones is 1. The molecule has 6 nitrogen and oxygen atoms in total. The molecule has 0 heterocycles. The van der Waals surface area contributed by atoms with Crippen molar-refractivity contribution < 1.29 is 23.9 Å². The third kappa shape index (κ3) is 10.7. The highest BCUT2D eigenvalue weighted by Crippen LogP contribution is 2.25. The smallest absolute Gasteiger partial charge is 0.323 e. The summed E-state index contributed by atoms with van der Waals surface area (Å²) in [7, 11) is 0. The van der Waals surface area contributed by atoms with Crippen LogP contribution in [0.5, 0.6) is 0 Å². The zero-order chi connectivity index (χ0) is 19.9. The predicted molar refractivity (Wildman–Crippen MR) is 108 cm³/mol. The Morgan fingerprint density at radius 2 is 1.74 bits per heavy atom. The highest BCUT2D eigenvalue weighted by molar-refractivity contribution is 7.99. The van der Waals surface area contributed by atoms with E-state index in [-0.39, 0.29) is 17.9 Å². The van der Waals surface area contributed by atoms with Crippen molar-refractivity contribution in [2.75, 3.05) is 31.3 Å². The second-order valence-corrected chi connectivity index (χ2v) is 7.94. The van der Waals surface area contributed by atoms with Crippen LogP contribution in [0.3, 0.4) is 0 Å². The number of ether oxygens (including phenoxy) is 2. The number of esters is 2. The number of hydrogen-bond donors (Lipinski definition) is 1. The molecule has 1 unspecified atom stereocenters. The van der Waals surface area contributed by atoms with E-state index < -0.39 is 6.04 Å². The van der Waals surface area contributed by atoms with E-state index in [0.29, 0.717) is 44.1 Å². The summed E-state index contributed by atoms with van der Waals surface area (Å²) < 4.78 is 10.0. The van der Waals surface area contributed by atoms with Crippen molar-refractivity contribution in [2.45, 2.75) is 71.3 Å². The molecule has 1 N–H and O–H groups in total. The largest absolute Gasteiger partial charge is 0.466 e. The fourth-order valence-corrected chi connectivity index (χ4v) is 4.21. The number of Topliss-reactive ketones (excluding diaryl/α,β-unsaturated/α-hetero) is 1. The lowest BCUT2D eigenvalue weighted by atomic mass is 9.85. The third-order valence-electron chi connectivity index (χ3n) is 4.65. The third-order valence-corrected chi connectivity index (χ3v) is 5.80. The Morgan fingerprint density at radius 3 is 2.41 bits per heavy atom. The molecule has 0 amide bonds. The average Bonchev–Trinajstić information content (AvgIpc) is 2.67. The van der Waals surface area contributed by atoms with Crippen LogP contribution in [0.25, 0.3) is 0 Å². The van der Waals surface area contributed by atoms with Crippen LogP contribution in [-0.2, 0) is 23.9 Å². The van der Waals surface area contributed by atoms with E-state index in [0.717, 1.165) is 37.9 Å². The lowest BCUT2D eigenvalue weighted by molar-refractivity contribution is -0.145. The molecule has 1 atom stereocenters. The molecule has 0 radical (unpaired) electrons. The molecule has 0 aliphatic heterocycles. The zero-order valence-corrected chi connectivity index (χ0v) is 17.6. The Balaban J connectivity index is 2.28. The Morgan fingerprint density at radius 1 is 1.04 bits per heavy atom. The van der Waals surface area contributed by atoms with E-state index in [4.69, 9.17) is 9.47 Å². The highest BCUT2D eigenvalue weighted by atomic mass is 32.2. The molecule has 156 valence electrons. The summed E-state index contributed by atoms with van der Waals surface area (Å²) in [6.45, 7) is 4.82. The minimum absolute atomic E-state index is 0.181. The standard InChI is InChI=1S/C20H35NO5S/c1-3-25-19(23)11-8-14-27-15-17(20(24)26-4-2)21-13-12-18(22)16-9-6-5-7-10-16/h16-17,21H,3-15H2,1-2H3. The first-order valence-electron chi connectivity index (χ1n) is 10.2. The monoisotopic (exact) mass is 401 g/mol. The van der Waals surface area contributed by atoms with Gasteiger partial charge in [-0.25, -0.2) is 0 Å². The normalized spacial score (nSPS) is 15.9. The van der Waals surface area contributed by atoms with Gasteiger partial charge in [-0.15, -0.1) is 0 Å². The van der Waals surface area contributed by atoms with Crippen molar-refractivity contribution in [3.05, 3.63) is 0 Å². The Labute approximate surface area is 167 Å². The number of carbonyl (C=O) groups is 3. The van der Waals surface area contributed by atoms with Gasteiger partial charge in [0.15, 0.2) is 0 Å². The Kier molecular flexibility index (Phi) is 13.2. The number of rotatable bonds is 14. The van der Waals surface area contributed by atoms with Crippen LogP contribution in [0, 0.1) is 5.92 Å². The van der Waals surface area contributed by atoms with Crippen LogP contribution < -0.4 is 5.32 Å². The average molecular weight is 402 g/mol. The fraction of sp³-hybridized carbons (Fsp3) is 0.850. The first-order chi connectivity index (χ1) is 13.1. The van der Waals surface area contributed by atoms with Crippen molar-refractivity contribution in [1.29, 1.82) is 0 Å². The van der Waals surface area contributed by atoms with Gasteiger partial charge in [0.2, 0.25) is 0 Å². The van der Waals surface area contributed by atoms with Crippen molar-refractivity contribution in [2.24, 2.45) is 5.92 Å². The zero-order valence-electron chi connectivity index (χ0n) is 16.8. The number of nitrogens with one attached hydrogen (secondary N) is 1. The Bertz CT molecular complexity index is 452. The van der Waals surface area contributed by atoms with Gasteiger partial charge in [-0.3, -0.25) is 14.4 Å². The molecule has 1 aliphatic rings. The number of hydrogen-bond acceptors (Lipinski definition) is 7. The van der Waals surface area contributed by atoms with E-state index in [1.54, 1.807) is 25.6 Å². The summed E-state index contributed by atoms with van der Waals surface area (Å²) >= 11 is 1.61. The van der Waals surface area contributed by atoms with Crippen LogP contribution >= 0.6 is 11.8 Å². The van der Waals surface area contributed by atoms with Gasteiger partial charge in [-0.1, -0.05) is 19.3 Å². The molecule has 0 aromatic carbocycles. The van der Waals surface area contributed by atoms with Gasteiger partial charge in [0.1, 0.15) is 11.8 Å².